The molecular weight excluding hydrogens is 282 g/mol. The summed E-state index contributed by atoms with van der Waals surface area (Å²) in [6, 6.07) is 1.50. The SMILES string of the molecule is O=C(c1ccoc1Cl)N1CCOC[C@@H]1[C@@H]1CCC[C@@H]1O. The number of carbonyl (C=O) groups is 1. The van der Waals surface area contributed by atoms with Crippen molar-refractivity contribution >= 4 is 17.5 Å². The van der Waals surface area contributed by atoms with Gasteiger partial charge in [0.15, 0.2) is 0 Å². The molecule has 2 heterocycles. The maximum atomic E-state index is 12.6. The molecule has 2 fully saturated rings. The molecule has 20 heavy (non-hydrogen) atoms. The summed E-state index contributed by atoms with van der Waals surface area (Å²) < 4.78 is 10.5. The van der Waals surface area contributed by atoms with Gasteiger partial charge in [-0.15, -0.1) is 0 Å². The molecule has 0 unspecified atom stereocenters. The van der Waals surface area contributed by atoms with Crippen LogP contribution in [0.4, 0.5) is 0 Å². The number of hydrogen-bond acceptors (Lipinski definition) is 4. The van der Waals surface area contributed by atoms with Crippen molar-refractivity contribution in [2.45, 2.75) is 31.4 Å². The van der Waals surface area contributed by atoms with Crippen LogP contribution in [-0.4, -0.2) is 47.8 Å². The van der Waals surface area contributed by atoms with Crippen molar-refractivity contribution < 1.29 is 19.1 Å². The van der Waals surface area contributed by atoms with E-state index in [0.717, 1.165) is 19.3 Å². The van der Waals surface area contributed by atoms with Gasteiger partial charge in [0.2, 0.25) is 5.22 Å². The Morgan fingerprint density at radius 2 is 2.30 bits per heavy atom. The van der Waals surface area contributed by atoms with Gasteiger partial charge in [-0.2, -0.15) is 0 Å². The molecule has 3 atom stereocenters. The Morgan fingerprint density at radius 3 is 2.95 bits per heavy atom. The Hall–Kier alpha value is -1.04. The number of ether oxygens (including phenoxy) is 1. The summed E-state index contributed by atoms with van der Waals surface area (Å²) in [6.07, 6.45) is 3.79. The molecule has 0 radical (unpaired) electrons. The number of aliphatic hydroxyl groups is 1. The predicted molar refractivity (Wildman–Crippen MR) is 72.7 cm³/mol. The molecule has 0 spiro atoms. The maximum Gasteiger partial charge on any atom is 0.259 e. The second kappa shape index (κ2) is 5.76. The highest BCUT2D eigenvalue weighted by Gasteiger charge is 2.40. The van der Waals surface area contributed by atoms with Gasteiger partial charge in [-0.3, -0.25) is 4.79 Å². The zero-order valence-corrected chi connectivity index (χ0v) is 11.9. The van der Waals surface area contributed by atoms with Crippen molar-refractivity contribution in [2.24, 2.45) is 5.92 Å². The van der Waals surface area contributed by atoms with Crippen molar-refractivity contribution in [2.75, 3.05) is 19.8 Å². The van der Waals surface area contributed by atoms with Crippen molar-refractivity contribution in [3.63, 3.8) is 0 Å². The first kappa shape index (κ1) is 13.9. The summed E-state index contributed by atoms with van der Waals surface area (Å²) in [7, 11) is 0. The largest absolute Gasteiger partial charge is 0.452 e. The van der Waals surface area contributed by atoms with E-state index in [0.29, 0.717) is 25.3 Å². The van der Waals surface area contributed by atoms with Crippen molar-refractivity contribution in [3.8, 4) is 0 Å². The van der Waals surface area contributed by atoms with Crippen molar-refractivity contribution in [1.82, 2.24) is 4.90 Å². The lowest BCUT2D eigenvalue weighted by Crippen LogP contribution is -2.53. The van der Waals surface area contributed by atoms with Gasteiger partial charge in [-0.25, -0.2) is 0 Å². The fourth-order valence-electron chi connectivity index (χ4n) is 3.25. The molecular formula is C14H18ClNO4. The van der Waals surface area contributed by atoms with Crippen LogP contribution >= 0.6 is 11.6 Å². The third-order valence-corrected chi connectivity index (χ3v) is 4.59. The minimum atomic E-state index is -0.350. The lowest BCUT2D eigenvalue weighted by molar-refractivity contribution is -0.0383. The first-order valence-electron chi connectivity index (χ1n) is 6.98. The van der Waals surface area contributed by atoms with E-state index in [-0.39, 0.29) is 29.2 Å². The smallest absolute Gasteiger partial charge is 0.259 e. The van der Waals surface area contributed by atoms with Crippen LogP contribution in [0.15, 0.2) is 16.7 Å². The van der Waals surface area contributed by atoms with Gasteiger partial charge >= 0.3 is 0 Å². The van der Waals surface area contributed by atoms with Gasteiger partial charge in [-0.1, -0.05) is 6.42 Å². The van der Waals surface area contributed by atoms with Crippen LogP contribution in [0.2, 0.25) is 5.22 Å². The lowest BCUT2D eigenvalue weighted by Gasteiger charge is -2.40. The minimum Gasteiger partial charge on any atom is -0.452 e. The molecule has 1 aromatic rings. The predicted octanol–water partition coefficient (Wildman–Crippen LogP) is 1.94. The third-order valence-electron chi connectivity index (χ3n) is 4.30. The Kier molecular flexibility index (Phi) is 4.01. The van der Waals surface area contributed by atoms with E-state index in [9.17, 15) is 9.90 Å². The number of aliphatic hydroxyl groups excluding tert-OH is 1. The van der Waals surface area contributed by atoms with E-state index >= 15 is 0 Å². The number of hydrogen-bond donors (Lipinski definition) is 1. The fourth-order valence-corrected chi connectivity index (χ4v) is 3.44. The third kappa shape index (κ3) is 2.45. The van der Waals surface area contributed by atoms with Crippen LogP contribution in [0, 0.1) is 5.92 Å². The standard InChI is InChI=1S/C14H18ClNO4/c15-13-10(4-6-20-13)14(18)16-5-7-19-8-11(16)9-2-1-3-12(9)17/h4,6,9,11-12,17H,1-3,5,7-8H2/t9-,11+,12-/m0/s1. The topological polar surface area (TPSA) is 62.9 Å². The molecule has 1 aliphatic heterocycles. The quantitative estimate of drug-likeness (QED) is 0.906. The van der Waals surface area contributed by atoms with Crippen LogP contribution in [0.25, 0.3) is 0 Å². The summed E-state index contributed by atoms with van der Waals surface area (Å²) in [6.45, 7) is 1.51. The zero-order chi connectivity index (χ0) is 14.1. The number of carbonyl (C=O) groups excluding carboxylic acids is 1. The molecule has 0 aromatic carbocycles. The van der Waals surface area contributed by atoms with Crippen LogP contribution < -0.4 is 0 Å². The monoisotopic (exact) mass is 299 g/mol. The molecule has 1 aromatic heterocycles. The van der Waals surface area contributed by atoms with Gasteiger partial charge in [0.05, 0.1) is 37.2 Å². The van der Waals surface area contributed by atoms with E-state index in [2.05, 4.69) is 0 Å². The van der Waals surface area contributed by atoms with Crippen LogP contribution in [0.5, 0.6) is 0 Å². The minimum absolute atomic E-state index is 0.0836. The normalized spacial score (nSPS) is 30.7. The molecule has 5 nitrogen and oxygen atoms in total. The number of morpholine rings is 1. The van der Waals surface area contributed by atoms with E-state index in [4.69, 9.17) is 20.8 Å². The van der Waals surface area contributed by atoms with E-state index < -0.39 is 0 Å². The Balaban J connectivity index is 1.82. The lowest BCUT2D eigenvalue weighted by atomic mass is 9.94. The molecule has 3 rings (SSSR count). The number of rotatable bonds is 2. The Morgan fingerprint density at radius 1 is 1.45 bits per heavy atom. The van der Waals surface area contributed by atoms with Gasteiger partial charge in [-0.05, 0) is 30.5 Å². The Bertz CT molecular complexity index is 489. The summed E-state index contributed by atoms with van der Waals surface area (Å²) in [5.74, 6) is -0.0546. The van der Waals surface area contributed by atoms with Gasteiger partial charge in [0, 0.05) is 12.5 Å². The van der Waals surface area contributed by atoms with Crippen LogP contribution in [0.1, 0.15) is 29.6 Å². The van der Waals surface area contributed by atoms with E-state index in [1.165, 1.54) is 6.26 Å². The molecule has 1 saturated heterocycles. The van der Waals surface area contributed by atoms with Crippen LogP contribution in [-0.2, 0) is 4.74 Å². The zero-order valence-electron chi connectivity index (χ0n) is 11.1. The summed E-state index contributed by atoms with van der Waals surface area (Å²) >= 11 is 5.90. The van der Waals surface area contributed by atoms with Gasteiger partial charge in [0.25, 0.3) is 5.91 Å². The summed E-state index contributed by atoms with van der Waals surface area (Å²) in [4.78, 5) is 14.4. The molecule has 1 N–H and O–H groups in total. The van der Waals surface area contributed by atoms with E-state index in [1.807, 2.05) is 0 Å². The molecule has 1 amide bonds. The van der Waals surface area contributed by atoms with Gasteiger partial charge in [0.1, 0.15) is 0 Å². The number of amides is 1. The fraction of sp³-hybridized carbons (Fsp3) is 0.643. The van der Waals surface area contributed by atoms with E-state index in [1.54, 1.807) is 11.0 Å². The molecule has 6 heteroatoms. The highest BCUT2D eigenvalue weighted by molar-refractivity contribution is 6.32. The van der Waals surface area contributed by atoms with Crippen molar-refractivity contribution in [1.29, 1.82) is 0 Å². The molecule has 110 valence electrons. The number of nitrogens with zero attached hydrogens (tertiary/aromatic N) is 1. The average molecular weight is 300 g/mol. The van der Waals surface area contributed by atoms with Gasteiger partial charge < -0.3 is 19.2 Å². The first-order chi connectivity index (χ1) is 9.68. The molecule has 2 aliphatic rings. The number of halogens is 1. The molecule has 0 bridgehead atoms. The second-order valence-corrected chi connectivity index (χ2v) is 5.75. The van der Waals surface area contributed by atoms with Crippen molar-refractivity contribution in [3.05, 3.63) is 23.1 Å². The number of furan rings is 1. The first-order valence-corrected chi connectivity index (χ1v) is 7.36. The summed E-state index contributed by atoms with van der Waals surface area (Å²) in [5.41, 5.74) is 0.381. The molecule has 1 saturated carbocycles. The summed E-state index contributed by atoms with van der Waals surface area (Å²) in [5, 5.41) is 10.2. The Labute approximate surface area is 122 Å². The average Bonchev–Trinajstić information content (AvgIpc) is 3.06. The van der Waals surface area contributed by atoms with Crippen LogP contribution in [0.3, 0.4) is 0 Å². The second-order valence-electron chi connectivity index (χ2n) is 5.41. The highest BCUT2D eigenvalue weighted by atomic mass is 35.5. The maximum absolute atomic E-state index is 12.6. The highest BCUT2D eigenvalue weighted by Crippen LogP contribution is 2.33. The molecule has 1 aliphatic carbocycles.